The molecule has 0 spiro atoms. The summed E-state index contributed by atoms with van der Waals surface area (Å²) >= 11 is 0. The fourth-order valence-electron chi connectivity index (χ4n) is 1.38. The first-order valence-electron chi connectivity index (χ1n) is 4.12. The minimum Gasteiger partial charge on any atom is -0.249 e. The SMILES string of the molecule is CCn1ncnc1C1(C#N)CC1. The summed E-state index contributed by atoms with van der Waals surface area (Å²) in [6.07, 6.45) is 3.39. The van der Waals surface area contributed by atoms with Crippen molar-refractivity contribution in [2.75, 3.05) is 0 Å². The second kappa shape index (κ2) is 2.31. The van der Waals surface area contributed by atoms with Gasteiger partial charge in [0.2, 0.25) is 0 Å². The predicted octanol–water partition coefficient (Wildman–Crippen LogP) is 0.853. The highest BCUT2D eigenvalue weighted by molar-refractivity contribution is 5.29. The molecule has 2 rings (SSSR count). The average molecular weight is 162 g/mol. The molecule has 4 nitrogen and oxygen atoms in total. The van der Waals surface area contributed by atoms with Gasteiger partial charge in [0.25, 0.3) is 0 Å². The number of nitrogens with zero attached hydrogens (tertiary/aromatic N) is 4. The van der Waals surface area contributed by atoms with Crippen molar-refractivity contribution in [2.45, 2.75) is 31.7 Å². The van der Waals surface area contributed by atoms with Gasteiger partial charge in [0, 0.05) is 6.54 Å². The molecule has 1 aromatic heterocycles. The Balaban J connectivity index is 2.41. The lowest BCUT2D eigenvalue weighted by atomic mass is 10.1. The van der Waals surface area contributed by atoms with Gasteiger partial charge >= 0.3 is 0 Å². The third-order valence-corrected chi connectivity index (χ3v) is 2.31. The summed E-state index contributed by atoms with van der Waals surface area (Å²) in [7, 11) is 0. The van der Waals surface area contributed by atoms with Gasteiger partial charge in [-0.05, 0) is 19.8 Å². The summed E-state index contributed by atoms with van der Waals surface area (Å²) in [4.78, 5) is 4.12. The number of aryl methyl sites for hydroxylation is 1. The molecule has 1 aliphatic rings. The second-order valence-corrected chi connectivity index (χ2v) is 3.09. The molecule has 0 saturated heterocycles. The third kappa shape index (κ3) is 0.828. The topological polar surface area (TPSA) is 54.5 Å². The summed E-state index contributed by atoms with van der Waals surface area (Å²) in [6, 6.07) is 2.31. The van der Waals surface area contributed by atoms with Crippen LogP contribution in [0.3, 0.4) is 0 Å². The molecular weight excluding hydrogens is 152 g/mol. The molecule has 4 heteroatoms. The molecule has 1 aromatic rings. The van der Waals surface area contributed by atoms with Crippen LogP contribution in [0, 0.1) is 11.3 Å². The molecule has 0 unspecified atom stereocenters. The summed E-state index contributed by atoms with van der Waals surface area (Å²) in [5, 5.41) is 13.0. The van der Waals surface area contributed by atoms with Gasteiger partial charge in [-0.15, -0.1) is 0 Å². The van der Waals surface area contributed by atoms with Crippen LogP contribution in [0.15, 0.2) is 6.33 Å². The molecule has 0 aromatic carbocycles. The van der Waals surface area contributed by atoms with E-state index in [9.17, 15) is 0 Å². The summed E-state index contributed by atoms with van der Waals surface area (Å²) in [5.41, 5.74) is -0.299. The zero-order chi connectivity index (χ0) is 8.60. The van der Waals surface area contributed by atoms with Gasteiger partial charge in [-0.25, -0.2) is 9.67 Å². The largest absolute Gasteiger partial charge is 0.249 e. The fourth-order valence-corrected chi connectivity index (χ4v) is 1.38. The summed E-state index contributed by atoms with van der Waals surface area (Å²) < 4.78 is 1.80. The highest BCUT2D eigenvalue weighted by Crippen LogP contribution is 2.46. The van der Waals surface area contributed by atoms with Crippen LogP contribution in [-0.4, -0.2) is 14.8 Å². The van der Waals surface area contributed by atoms with E-state index in [4.69, 9.17) is 5.26 Å². The van der Waals surface area contributed by atoms with Crippen molar-refractivity contribution < 1.29 is 0 Å². The van der Waals surface area contributed by atoms with Crippen molar-refractivity contribution in [3.63, 3.8) is 0 Å². The lowest BCUT2D eigenvalue weighted by Crippen LogP contribution is -2.13. The molecule has 1 saturated carbocycles. The van der Waals surface area contributed by atoms with Crippen LogP contribution in [0.2, 0.25) is 0 Å². The van der Waals surface area contributed by atoms with Gasteiger partial charge in [-0.1, -0.05) is 0 Å². The minimum absolute atomic E-state index is 0.299. The first kappa shape index (κ1) is 7.29. The van der Waals surface area contributed by atoms with Gasteiger partial charge in [-0.2, -0.15) is 10.4 Å². The smallest absolute Gasteiger partial charge is 0.147 e. The molecule has 0 N–H and O–H groups in total. The normalized spacial score (nSPS) is 18.7. The van der Waals surface area contributed by atoms with Crippen molar-refractivity contribution in [2.24, 2.45) is 0 Å². The number of hydrogen-bond acceptors (Lipinski definition) is 3. The molecule has 0 bridgehead atoms. The zero-order valence-corrected chi connectivity index (χ0v) is 6.99. The second-order valence-electron chi connectivity index (χ2n) is 3.09. The molecule has 0 radical (unpaired) electrons. The van der Waals surface area contributed by atoms with Crippen molar-refractivity contribution in [3.8, 4) is 6.07 Å². The minimum atomic E-state index is -0.299. The molecule has 62 valence electrons. The van der Waals surface area contributed by atoms with Crippen LogP contribution in [0.4, 0.5) is 0 Å². The van der Waals surface area contributed by atoms with E-state index in [1.165, 1.54) is 6.33 Å². The molecular formula is C8H10N4. The Labute approximate surface area is 70.8 Å². The van der Waals surface area contributed by atoms with Crippen LogP contribution in [-0.2, 0) is 12.0 Å². The molecule has 0 amide bonds. The van der Waals surface area contributed by atoms with E-state index in [-0.39, 0.29) is 5.41 Å². The summed E-state index contributed by atoms with van der Waals surface area (Å²) in [6.45, 7) is 2.80. The molecule has 0 aliphatic heterocycles. The van der Waals surface area contributed by atoms with Crippen LogP contribution in [0.1, 0.15) is 25.6 Å². The average Bonchev–Trinajstić information content (AvgIpc) is 2.76. The zero-order valence-electron chi connectivity index (χ0n) is 6.99. The van der Waals surface area contributed by atoms with E-state index in [1.54, 1.807) is 4.68 Å². The van der Waals surface area contributed by atoms with Gasteiger partial charge < -0.3 is 0 Å². The Kier molecular flexibility index (Phi) is 1.40. The number of hydrogen-bond donors (Lipinski definition) is 0. The molecule has 12 heavy (non-hydrogen) atoms. The van der Waals surface area contributed by atoms with Gasteiger partial charge in [-0.3, -0.25) is 0 Å². The molecule has 1 aliphatic carbocycles. The van der Waals surface area contributed by atoms with E-state index in [2.05, 4.69) is 16.2 Å². The van der Waals surface area contributed by atoms with E-state index < -0.39 is 0 Å². The van der Waals surface area contributed by atoms with Crippen LogP contribution < -0.4 is 0 Å². The van der Waals surface area contributed by atoms with Crippen molar-refractivity contribution in [1.82, 2.24) is 14.8 Å². The van der Waals surface area contributed by atoms with Crippen LogP contribution >= 0.6 is 0 Å². The standard InChI is InChI=1S/C8H10N4/c1-2-12-7(10-6-11-12)8(5-9)3-4-8/h6H,2-4H2,1H3. The maximum absolute atomic E-state index is 8.92. The molecule has 0 atom stereocenters. The van der Waals surface area contributed by atoms with E-state index in [0.29, 0.717) is 0 Å². The Bertz CT molecular complexity index is 329. The molecule has 1 heterocycles. The maximum Gasteiger partial charge on any atom is 0.147 e. The first-order chi connectivity index (χ1) is 5.82. The highest BCUT2D eigenvalue weighted by atomic mass is 15.3. The predicted molar refractivity (Wildman–Crippen MR) is 42.2 cm³/mol. The third-order valence-electron chi connectivity index (χ3n) is 2.31. The first-order valence-corrected chi connectivity index (χ1v) is 4.12. The monoisotopic (exact) mass is 162 g/mol. The van der Waals surface area contributed by atoms with Gasteiger partial charge in [0.05, 0.1) is 6.07 Å². The van der Waals surface area contributed by atoms with Crippen LogP contribution in [0.25, 0.3) is 0 Å². The van der Waals surface area contributed by atoms with Crippen molar-refractivity contribution in [3.05, 3.63) is 12.2 Å². The van der Waals surface area contributed by atoms with Crippen molar-refractivity contribution in [1.29, 1.82) is 5.26 Å². The Hall–Kier alpha value is -1.37. The van der Waals surface area contributed by atoms with Crippen LogP contribution in [0.5, 0.6) is 0 Å². The number of rotatable bonds is 2. The fraction of sp³-hybridized carbons (Fsp3) is 0.625. The van der Waals surface area contributed by atoms with E-state index in [0.717, 1.165) is 25.2 Å². The number of aromatic nitrogens is 3. The lowest BCUT2D eigenvalue weighted by molar-refractivity contribution is 0.591. The quantitative estimate of drug-likeness (QED) is 0.647. The lowest BCUT2D eigenvalue weighted by Gasteiger charge is -2.05. The number of nitriles is 1. The molecule has 1 fully saturated rings. The summed E-state index contributed by atoms with van der Waals surface area (Å²) in [5.74, 6) is 0.840. The van der Waals surface area contributed by atoms with E-state index >= 15 is 0 Å². The van der Waals surface area contributed by atoms with Crippen molar-refractivity contribution >= 4 is 0 Å². The van der Waals surface area contributed by atoms with Gasteiger partial charge in [0.1, 0.15) is 17.6 Å². The van der Waals surface area contributed by atoms with Gasteiger partial charge in [0.15, 0.2) is 0 Å². The maximum atomic E-state index is 8.92. The Morgan fingerprint density at radius 2 is 2.50 bits per heavy atom. The highest BCUT2D eigenvalue weighted by Gasteiger charge is 2.48. The Morgan fingerprint density at radius 1 is 1.75 bits per heavy atom. The van der Waals surface area contributed by atoms with E-state index in [1.807, 2.05) is 6.92 Å². The Morgan fingerprint density at radius 3 is 3.00 bits per heavy atom.